The second-order valence-corrected chi connectivity index (χ2v) is 6.16. The van der Waals surface area contributed by atoms with E-state index in [1.807, 2.05) is 66.7 Å². The number of carbonyl (C=O) groups excluding carboxylic acids is 1. The summed E-state index contributed by atoms with van der Waals surface area (Å²) in [6.07, 6.45) is 4.86. The van der Waals surface area contributed by atoms with Crippen LogP contribution in [0.25, 0.3) is 11.1 Å². The van der Waals surface area contributed by atoms with E-state index in [1.165, 1.54) is 0 Å². The summed E-state index contributed by atoms with van der Waals surface area (Å²) in [5.74, 6) is 2.03. The van der Waals surface area contributed by atoms with Crippen molar-refractivity contribution in [3.63, 3.8) is 0 Å². The minimum Gasteiger partial charge on any atom is -0.467 e. The van der Waals surface area contributed by atoms with Crippen molar-refractivity contribution >= 4 is 5.91 Å². The lowest BCUT2D eigenvalue weighted by Crippen LogP contribution is -2.22. The van der Waals surface area contributed by atoms with Gasteiger partial charge in [-0.25, -0.2) is 0 Å². The number of amides is 1. The lowest BCUT2D eigenvalue weighted by atomic mass is 10.1. The number of pyridine rings is 1. The van der Waals surface area contributed by atoms with Gasteiger partial charge in [0, 0.05) is 18.0 Å². The van der Waals surface area contributed by atoms with Crippen molar-refractivity contribution in [2.75, 3.05) is 0 Å². The summed E-state index contributed by atoms with van der Waals surface area (Å²) in [4.78, 5) is 16.6. The molecule has 0 aliphatic heterocycles. The smallest absolute Gasteiger partial charge is 0.253 e. The quantitative estimate of drug-likeness (QED) is 0.515. The number of hydrogen-bond acceptors (Lipinski definition) is 4. The van der Waals surface area contributed by atoms with Gasteiger partial charge in [0.25, 0.3) is 5.91 Å². The van der Waals surface area contributed by atoms with Gasteiger partial charge in [-0.2, -0.15) is 0 Å². The molecular weight excluding hydrogens is 352 g/mol. The number of aromatic nitrogens is 1. The van der Waals surface area contributed by atoms with Gasteiger partial charge in [0.15, 0.2) is 0 Å². The Kier molecular flexibility index (Phi) is 5.15. The third kappa shape index (κ3) is 4.27. The van der Waals surface area contributed by atoms with Gasteiger partial charge in [-0.05, 0) is 48.0 Å². The maximum absolute atomic E-state index is 12.4. The predicted molar refractivity (Wildman–Crippen MR) is 106 cm³/mol. The van der Waals surface area contributed by atoms with E-state index in [0.717, 1.165) is 22.6 Å². The van der Waals surface area contributed by atoms with Crippen molar-refractivity contribution in [2.45, 2.75) is 6.54 Å². The summed E-state index contributed by atoms with van der Waals surface area (Å²) >= 11 is 0. The molecule has 1 N–H and O–H groups in total. The number of nitrogens with one attached hydrogen (secondary N) is 1. The van der Waals surface area contributed by atoms with Crippen LogP contribution in [0.3, 0.4) is 0 Å². The van der Waals surface area contributed by atoms with Crippen LogP contribution in [0.15, 0.2) is 95.9 Å². The molecule has 28 heavy (non-hydrogen) atoms. The Morgan fingerprint density at radius 1 is 0.893 bits per heavy atom. The number of hydrogen-bond donors (Lipinski definition) is 1. The zero-order chi connectivity index (χ0) is 19.2. The molecule has 2 aromatic carbocycles. The molecule has 0 unspecified atom stereocenters. The molecule has 4 rings (SSSR count). The van der Waals surface area contributed by atoms with Crippen LogP contribution >= 0.6 is 0 Å². The maximum Gasteiger partial charge on any atom is 0.253 e. The first kappa shape index (κ1) is 17.5. The Morgan fingerprint density at radius 2 is 1.68 bits per heavy atom. The van der Waals surface area contributed by atoms with Gasteiger partial charge in [-0.3, -0.25) is 9.78 Å². The van der Waals surface area contributed by atoms with Crippen molar-refractivity contribution in [1.82, 2.24) is 10.3 Å². The summed E-state index contributed by atoms with van der Waals surface area (Å²) in [7, 11) is 0. The van der Waals surface area contributed by atoms with Crippen LogP contribution in [0, 0.1) is 0 Å². The number of rotatable bonds is 6. The molecule has 0 bridgehead atoms. The number of nitrogens with zero attached hydrogens (tertiary/aromatic N) is 1. The monoisotopic (exact) mass is 370 g/mol. The summed E-state index contributed by atoms with van der Waals surface area (Å²) in [5.41, 5.74) is 2.30. The van der Waals surface area contributed by atoms with E-state index < -0.39 is 0 Å². The van der Waals surface area contributed by atoms with Crippen molar-refractivity contribution in [2.24, 2.45) is 0 Å². The molecule has 1 amide bonds. The van der Waals surface area contributed by atoms with E-state index in [-0.39, 0.29) is 5.91 Å². The Bertz CT molecular complexity index is 1040. The molecule has 0 spiro atoms. The molecule has 5 nitrogen and oxygen atoms in total. The van der Waals surface area contributed by atoms with Crippen molar-refractivity contribution in [3.8, 4) is 22.6 Å². The van der Waals surface area contributed by atoms with Crippen LogP contribution in [0.4, 0.5) is 0 Å². The van der Waals surface area contributed by atoms with Gasteiger partial charge >= 0.3 is 0 Å². The zero-order valence-electron chi connectivity index (χ0n) is 15.0. The molecular formula is C23H18N2O3. The molecule has 0 saturated heterocycles. The standard InChI is InChI=1S/C23H18N2O3/c26-23(25-16-22-7-4-12-27-22)19-13-18(14-24-15-19)17-8-10-21(11-9-17)28-20-5-2-1-3-6-20/h1-15H,16H2,(H,25,26). The van der Waals surface area contributed by atoms with E-state index in [0.29, 0.717) is 17.9 Å². The first-order valence-corrected chi connectivity index (χ1v) is 8.87. The first-order valence-electron chi connectivity index (χ1n) is 8.87. The third-order valence-electron chi connectivity index (χ3n) is 4.17. The molecule has 4 aromatic rings. The Hall–Kier alpha value is -3.86. The van der Waals surface area contributed by atoms with Gasteiger partial charge < -0.3 is 14.5 Å². The van der Waals surface area contributed by atoms with E-state index in [2.05, 4.69) is 10.3 Å². The van der Waals surface area contributed by atoms with E-state index in [9.17, 15) is 4.79 Å². The SMILES string of the molecule is O=C(NCc1ccco1)c1cncc(-c2ccc(Oc3ccccc3)cc2)c1. The molecule has 0 aliphatic rings. The largest absolute Gasteiger partial charge is 0.467 e. The normalized spacial score (nSPS) is 10.4. The molecule has 0 aliphatic carbocycles. The number of ether oxygens (including phenoxy) is 1. The average molecular weight is 370 g/mol. The highest BCUT2D eigenvalue weighted by molar-refractivity contribution is 5.95. The van der Waals surface area contributed by atoms with Crippen LogP contribution in [0.2, 0.25) is 0 Å². The second kappa shape index (κ2) is 8.22. The van der Waals surface area contributed by atoms with Crippen molar-refractivity contribution < 1.29 is 13.9 Å². The molecule has 2 aromatic heterocycles. The molecule has 0 radical (unpaired) electrons. The molecule has 0 saturated carbocycles. The van der Waals surface area contributed by atoms with E-state index in [4.69, 9.17) is 9.15 Å². The van der Waals surface area contributed by atoms with Crippen LogP contribution in [0.1, 0.15) is 16.1 Å². The zero-order valence-corrected chi connectivity index (χ0v) is 15.0. The Labute approximate surface area is 162 Å². The lowest BCUT2D eigenvalue weighted by Gasteiger charge is -2.08. The minimum absolute atomic E-state index is 0.199. The van der Waals surface area contributed by atoms with Gasteiger partial charge in [0.05, 0.1) is 18.4 Å². The topological polar surface area (TPSA) is 64.4 Å². The highest BCUT2D eigenvalue weighted by atomic mass is 16.5. The van der Waals surface area contributed by atoms with E-state index in [1.54, 1.807) is 24.7 Å². The van der Waals surface area contributed by atoms with Crippen molar-refractivity contribution in [1.29, 1.82) is 0 Å². The molecule has 2 heterocycles. The fourth-order valence-electron chi connectivity index (χ4n) is 2.74. The second-order valence-electron chi connectivity index (χ2n) is 6.16. The summed E-state index contributed by atoms with van der Waals surface area (Å²) in [6.45, 7) is 0.335. The number of benzene rings is 2. The highest BCUT2D eigenvalue weighted by Crippen LogP contribution is 2.25. The summed E-state index contributed by atoms with van der Waals surface area (Å²) in [5, 5.41) is 2.82. The molecule has 0 fully saturated rings. The lowest BCUT2D eigenvalue weighted by molar-refractivity contribution is 0.0947. The molecule has 0 atom stereocenters. The number of carbonyl (C=O) groups is 1. The number of para-hydroxylation sites is 1. The van der Waals surface area contributed by atoms with Gasteiger partial charge in [0.1, 0.15) is 17.3 Å². The summed E-state index contributed by atoms with van der Waals surface area (Å²) in [6, 6.07) is 22.7. The summed E-state index contributed by atoms with van der Waals surface area (Å²) < 4.78 is 11.0. The first-order chi connectivity index (χ1) is 13.8. The molecule has 5 heteroatoms. The fourth-order valence-corrected chi connectivity index (χ4v) is 2.74. The molecule has 138 valence electrons. The maximum atomic E-state index is 12.4. The highest BCUT2D eigenvalue weighted by Gasteiger charge is 2.09. The Balaban J connectivity index is 1.45. The minimum atomic E-state index is -0.199. The van der Waals surface area contributed by atoms with Crippen molar-refractivity contribution in [3.05, 3.63) is 103 Å². The van der Waals surface area contributed by atoms with E-state index >= 15 is 0 Å². The fraction of sp³-hybridized carbons (Fsp3) is 0.0435. The van der Waals surface area contributed by atoms with Crippen LogP contribution in [-0.4, -0.2) is 10.9 Å². The third-order valence-corrected chi connectivity index (χ3v) is 4.17. The van der Waals surface area contributed by atoms with Gasteiger partial charge in [-0.15, -0.1) is 0 Å². The predicted octanol–water partition coefficient (Wildman–Crippen LogP) is 5.06. The number of furan rings is 1. The Morgan fingerprint density at radius 3 is 2.43 bits per heavy atom. The average Bonchev–Trinajstić information content (AvgIpc) is 3.27. The van der Waals surface area contributed by atoms with Crippen LogP contribution in [-0.2, 0) is 6.54 Å². The van der Waals surface area contributed by atoms with Crippen LogP contribution < -0.4 is 10.1 Å². The van der Waals surface area contributed by atoms with Crippen LogP contribution in [0.5, 0.6) is 11.5 Å². The van der Waals surface area contributed by atoms with Gasteiger partial charge in [0.2, 0.25) is 0 Å². The van der Waals surface area contributed by atoms with Gasteiger partial charge in [-0.1, -0.05) is 30.3 Å².